The van der Waals surface area contributed by atoms with Gasteiger partial charge >= 0.3 is 12.1 Å². The van der Waals surface area contributed by atoms with Crippen LogP contribution in [0, 0.1) is 17.8 Å². The summed E-state index contributed by atoms with van der Waals surface area (Å²) >= 11 is 0. The van der Waals surface area contributed by atoms with Gasteiger partial charge in [0.1, 0.15) is 11.6 Å². The molecule has 0 heterocycles. The van der Waals surface area contributed by atoms with Gasteiger partial charge in [0.15, 0.2) is 0 Å². The lowest BCUT2D eigenvalue weighted by atomic mass is 9.52. The molecule has 0 aromatic carbocycles. The summed E-state index contributed by atoms with van der Waals surface area (Å²) in [5.74, 6) is 0.984. The predicted octanol–water partition coefficient (Wildman–Crippen LogP) is 3.67. The quantitative estimate of drug-likeness (QED) is 0.860. The second kappa shape index (κ2) is 5.38. The van der Waals surface area contributed by atoms with Gasteiger partial charge < -0.3 is 9.84 Å². The molecular formula is C18H29NO4. The first kappa shape index (κ1) is 16.6. The van der Waals surface area contributed by atoms with Gasteiger partial charge in [0, 0.05) is 5.54 Å². The first-order chi connectivity index (χ1) is 10.6. The van der Waals surface area contributed by atoms with E-state index in [9.17, 15) is 14.7 Å². The van der Waals surface area contributed by atoms with Crippen LogP contribution in [0.25, 0.3) is 0 Å². The Morgan fingerprint density at radius 2 is 1.52 bits per heavy atom. The minimum Gasteiger partial charge on any atom is -0.480 e. The largest absolute Gasteiger partial charge is 0.480 e. The van der Waals surface area contributed by atoms with Crippen molar-refractivity contribution in [3.63, 3.8) is 0 Å². The molecule has 5 nitrogen and oxygen atoms in total. The summed E-state index contributed by atoms with van der Waals surface area (Å²) in [5, 5.41) is 9.55. The number of amides is 1. The van der Waals surface area contributed by atoms with Gasteiger partial charge in [0.05, 0.1) is 0 Å². The number of carboxylic acid groups (broad SMARTS) is 1. The van der Waals surface area contributed by atoms with Crippen LogP contribution in [0.15, 0.2) is 0 Å². The summed E-state index contributed by atoms with van der Waals surface area (Å²) in [6.45, 7) is 7.10. The SMILES string of the molecule is C[C@@H](C(=O)O)N(C(=O)OC(C)(C)C)C12CC3CC(CC(C3)C1)C2. The maximum Gasteiger partial charge on any atom is 0.411 e. The van der Waals surface area contributed by atoms with Crippen molar-refractivity contribution in [1.82, 2.24) is 4.90 Å². The molecule has 4 saturated carbocycles. The average molecular weight is 323 g/mol. The monoisotopic (exact) mass is 323 g/mol. The number of nitrogens with zero attached hydrogens (tertiary/aromatic N) is 1. The third-order valence-corrected chi connectivity index (χ3v) is 5.85. The Kier molecular flexibility index (Phi) is 3.88. The van der Waals surface area contributed by atoms with E-state index in [1.165, 1.54) is 19.3 Å². The van der Waals surface area contributed by atoms with Crippen LogP contribution in [-0.4, -0.2) is 39.3 Å². The zero-order valence-electron chi connectivity index (χ0n) is 14.7. The molecule has 4 aliphatic carbocycles. The molecule has 4 aliphatic rings. The van der Waals surface area contributed by atoms with E-state index in [4.69, 9.17) is 4.74 Å². The molecule has 0 aliphatic heterocycles. The van der Waals surface area contributed by atoms with Crippen LogP contribution in [0.1, 0.15) is 66.2 Å². The van der Waals surface area contributed by atoms with Crippen molar-refractivity contribution in [2.24, 2.45) is 17.8 Å². The summed E-state index contributed by atoms with van der Waals surface area (Å²) in [6.07, 6.45) is 6.12. The van der Waals surface area contributed by atoms with Gasteiger partial charge in [0.25, 0.3) is 0 Å². The average Bonchev–Trinajstić information content (AvgIpc) is 2.33. The third kappa shape index (κ3) is 3.07. The Hall–Kier alpha value is -1.26. The molecule has 4 rings (SSSR count). The van der Waals surface area contributed by atoms with E-state index < -0.39 is 23.7 Å². The number of carboxylic acids is 1. The summed E-state index contributed by atoms with van der Waals surface area (Å²) in [7, 11) is 0. The van der Waals surface area contributed by atoms with Gasteiger partial charge in [-0.15, -0.1) is 0 Å². The molecule has 1 N–H and O–H groups in total. The van der Waals surface area contributed by atoms with E-state index in [-0.39, 0.29) is 5.54 Å². The number of hydrogen-bond acceptors (Lipinski definition) is 3. The molecular weight excluding hydrogens is 294 g/mol. The third-order valence-electron chi connectivity index (χ3n) is 5.85. The highest BCUT2D eigenvalue weighted by molar-refractivity contribution is 5.80. The Morgan fingerprint density at radius 3 is 1.87 bits per heavy atom. The van der Waals surface area contributed by atoms with E-state index in [2.05, 4.69) is 0 Å². The lowest BCUT2D eigenvalue weighted by Crippen LogP contribution is -2.65. The normalized spacial score (nSPS) is 36.6. The lowest BCUT2D eigenvalue weighted by molar-refractivity contribution is -0.152. The Balaban J connectivity index is 1.92. The molecule has 4 bridgehead atoms. The smallest absolute Gasteiger partial charge is 0.411 e. The molecule has 1 atom stereocenters. The number of carbonyl (C=O) groups excluding carboxylic acids is 1. The molecule has 130 valence electrons. The van der Waals surface area contributed by atoms with Crippen LogP contribution >= 0.6 is 0 Å². The highest BCUT2D eigenvalue weighted by Gasteiger charge is 2.57. The van der Waals surface area contributed by atoms with Gasteiger partial charge in [-0.3, -0.25) is 4.90 Å². The number of carbonyl (C=O) groups is 2. The first-order valence-corrected chi connectivity index (χ1v) is 8.85. The van der Waals surface area contributed by atoms with Crippen LogP contribution < -0.4 is 0 Å². The summed E-state index contributed by atoms with van der Waals surface area (Å²) < 4.78 is 5.58. The van der Waals surface area contributed by atoms with Crippen LogP contribution in [-0.2, 0) is 9.53 Å². The van der Waals surface area contributed by atoms with Gasteiger partial charge in [-0.25, -0.2) is 9.59 Å². The van der Waals surface area contributed by atoms with Crippen LogP contribution in [0.2, 0.25) is 0 Å². The second-order valence-electron chi connectivity index (χ2n) is 9.01. The van der Waals surface area contributed by atoms with Crippen molar-refractivity contribution in [3.05, 3.63) is 0 Å². The molecule has 0 saturated heterocycles. The van der Waals surface area contributed by atoms with Crippen LogP contribution in [0.3, 0.4) is 0 Å². The van der Waals surface area contributed by atoms with Crippen molar-refractivity contribution in [1.29, 1.82) is 0 Å². The van der Waals surface area contributed by atoms with Gasteiger partial charge in [-0.1, -0.05) is 0 Å². The van der Waals surface area contributed by atoms with Crippen molar-refractivity contribution < 1.29 is 19.4 Å². The van der Waals surface area contributed by atoms with Crippen molar-refractivity contribution >= 4 is 12.1 Å². The molecule has 1 amide bonds. The standard InChI is InChI=1S/C18H29NO4/c1-11(15(20)21)19(16(22)23-17(2,3)4)18-8-12-5-13(9-18)7-14(6-12)10-18/h11-14H,5-10H2,1-4H3,(H,20,21)/t11-,12?,13?,14?,18?/m0/s1. The Morgan fingerprint density at radius 1 is 1.09 bits per heavy atom. The zero-order valence-corrected chi connectivity index (χ0v) is 14.7. The number of rotatable bonds is 3. The Bertz CT molecular complexity index is 472. The topological polar surface area (TPSA) is 66.8 Å². The minimum absolute atomic E-state index is 0.311. The molecule has 0 aromatic heterocycles. The van der Waals surface area contributed by atoms with Gasteiger partial charge in [-0.05, 0) is 84.0 Å². The van der Waals surface area contributed by atoms with Crippen LogP contribution in [0.5, 0.6) is 0 Å². The van der Waals surface area contributed by atoms with Crippen LogP contribution in [0.4, 0.5) is 4.79 Å². The molecule has 0 radical (unpaired) electrons. The molecule has 0 aromatic rings. The summed E-state index contributed by atoms with van der Waals surface area (Å²) in [6, 6.07) is -0.846. The fourth-order valence-corrected chi connectivity index (χ4v) is 5.54. The molecule has 4 fully saturated rings. The summed E-state index contributed by atoms with van der Waals surface area (Å²) in [5.41, 5.74) is -0.926. The van der Waals surface area contributed by atoms with Gasteiger partial charge in [0.2, 0.25) is 0 Å². The van der Waals surface area contributed by atoms with E-state index in [0.29, 0.717) is 17.8 Å². The second-order valence-corrected chi connectivity index (χ2v) is 9.01. The first-order valence-electron chi connectivity index (χ1n) is 8.85. The Labute approximate surface area is 138 Å². The van der Waals surface area contributed by atoms with E-state index in [1.54, 1.807) is 11.8 Å². The number of ether oxygens (including phenoxy) is 1. The fraction of sp³-hybridized carbons (Fsp3) is 0.889. The molecule has 0 spiro atoms. The zero-order chi connectivity index (χ0) is 17.0. The van der Waals surface area contributed by atoms with Gasteiger partial charge in [-0.2, -0.15) is 0 Å². The maximum atomic E-state index is 12.9. The van der Waals surface area contributed by atoms with E-state index >= 15 is 0 Å². The lowest BCUT2D eigenvalue weighted by Gasteiger charge is -2.60. The van der Waals surface area contributed by atoms with E-state index in [0.717, 1.165) is 19.3 Å². The number of aliphatic carboxylic acids is 1. The fourth-order valence-electron chi connectivity index (χ4n) is 5.54. The predicted molar refractivity (Wildman–Crippen MR) is 86.1 cm³/mol. The molecule has 0 unspecified atom stereocenters. The van der Waals surface area contributed by atoms with Crippen molar-refractivity contribution in [2.75, 3.05) is 0 Å². The maximum absolute atomic E-state index is 12.9. The van der Waals surface area contributed by atoms with Crippen molar-refractivity contribution in [3.8, 4) is 0 Å². The highest BCUT2D eigenvalue weighted by Crippen LogP contribution is 2.58. The molecule has 23 heavy (non-hydrogen) atoms. The van der Waals surface area contributed by atoms with Crippen molar-refractivity contribution in [2.45, 2.75) is 83.4 Å². The summed E-state index contributed by atoms with van der Waals surface area (Å²) in [4.78, 5) is 26.1. The highest BCUT2D eigenvalue weighted by atomic mass is 16.6. The minimum atomic E-state index is -0.952. The molecule has 5 heteroatoms. The van der Waals surface area contributed by atoms with E-state index in [1.807, 2.05) is 20.8 Å². The number of hydrogen-bond donors (Lipinski definition) is 1.